The van der Waals surface area contributed by atoms with Gasteiger partial charge in [-0.3, -0.25) is 4.79 Å². The molecule has 0 aromatic heterocycles. The minimum absolute atomic E-state index is 0.121. The Morgan fingerprint density at radius 1 is 0.857 bits per heavy atom. The Labute approximate surface area is 167 Å². The van der Waals surface area contributed by atoms with Crippen LogP contribution in [0.15, 0.2) is 73.4 Å². The first-order chi connectivity index (χ1) is 13.2. The number of carbonyl (C=O) groups is 2. The van der Waals surface area contributed by atoms with Crippen molar-refractivity contribution in [3.05, 3.63) is 73.4 Å². The number of carbonyl (C=O) groups excluding carboxylic acids is 2. The fourth-order valence-corrected chi connectivity index (χ4v) is 2.72. The highest BCUT2D eigenvalue weighted by atomic mass is 16.6. The van der Waals surface area contributed by atoms with Gasteiger partial charge in [0.1, 0.15) is 5.60 Å². The molecule has 2 aliphatic heterocycles. The van der Waals surface area contributed by atoms with E-state index >= 15 is 0 Å². The van der Waals surface area contributed by atoms with Gasteiger partial charge in [-0.2, -0.15) is 0 Å². The van der Waals surface area contributed by atoms with Crippen molar-refractivity contribution < 1.29 is 14.3 Å². The van der Waals surface area contributed by atoms with Gasteiger partial charge in [0.2, 0.25) is 5.78 Å². The third-order valence-corrected chi connectivity index (χ3v) is 4.26. The summed E-state index contributed by atoms with van der Waals surface area (Å²) in [6, 6.07) is 0. The molecule has 0 aromatic rings. The Morgan fingerprint density at radius 2 is 1.25 bits per heavy atom. The lowest BCUT2D eigenvalue weighted by molar-refractivity contribution is -0.165. The number of hydrogen-bond acceptors (Lipinski definition) is 6. The summed E-state index contributed by atoms with van der Waals surface area (Å²) in [5.41, 5.74) is 3.86. The van der Waals surface area contributed by atoms with Gasteiger partial charge in [0, 0.05) is 24.8 Å². The highest BCUT2D eigenvalue weighted by Gasteiger charge is 2.48. The molecule has 150 valence electrons. The molecule has 1 atom stereocenters. The fourth-order valence-electron chi connectivity index (χ4n) is 2.72. The Balaban J connectivity index is 2.45. The summed E-state index contributed by atoms with van der Waals surface area (Å²) in [6.07, 6.45) is 21.1. The van der Waals surface area contributed by atoms with Crippen molar-refractivity contribution in [2.24, 2.45) is 5.73 Å². The number of Topliss-reactive ketones (excluding diaryl/α,β-unsaturated/α-hetero) is 1. The molecule has 0 spiro atoms. The molecule has 6 nitrogen and oxygen atoms in total. The largest absolute Gasteiger partial charge is 0.458 e. The van der Waals surface area contributed by atoms with Crippen molar-refractivity contribution in [1.29, 1.82) is 0 Å². The van der Waals surface area contributed by atoms with E-state index in [1.165, 1.54) is 0 Å². The van der Waals surface area contributed by atoms with E-state index in [1.54, 1.807) is 62.3 Å². The Morgan fingerprint density at radius 3 is 1.57 bits per heavy atom. The normalized spacial score (nSPS) is 18.2. The molecule has 0 bridgehead atoms. The Kier molecular flexibility index (Phi) is 6.80. The fraction of sp³-hybridized carbons (Fsp3) is 0.364. The third kappa shape index (κ3) is 5.10. The summed E-state index contributed by atoms with van der Waals surface area (Å²) in [5.74, 6) is -1.17. The summed E-state index contributed by atoms with van der Waals surface area (Å²) in [5, 5.41) is 0. The molecule has 0 radical (unpaired) electrons. The van der Waals surface area contributed by atoms with E-state index in [0.29, 0.717) is 0 Å². The minimum atomic E-state index is -1.78. The predicted molar refractivity (Wildman–Crippen MR) is 110 cm³/mol. The van der Waals surface area contributed by atoms with Crippen LogP contribution in [0, 0.1) is 0 Å². The van der Waals surface area contributed by atoms with Crippen LogP contribution >= 0.6 is 0 Å². The van der Waals surface area contributed by atoms with Crippen molar-refractivity contribution in [2.45, 2.75) is 51.4 Å². The van der Waals surface area contributed by atoms with Crippen molar-refractivity contribution in [3.63, 3.8) is 0 Å². The highest BCUT2D eigenvalue weighted by Crippen LogP contribution is 2.24. The Hall–Kier alpha value is -2.86. The maximum absolute atomic E-state index is 13.7. The number of ether oxygens (including phenoxy) is 1. The first kappa shape index (κ1) is 21.4. The van der Waals surface area contributed by atoms with Crippen LogP contribution in [-0.2, 0) is 14.3 Å². The molecule has 0 fully saturated rings. The first-order valence-electron chi connectivity index (χ1n) is 9.34. The molecular weight excluding hydrogens is 354 g/mol. The van der Waals surface area contributed by atoms with E-state index < -0.39 is 29.1 Å². The molecule has 0 saturated heterocycles. The second-order valence-electron chi connectivity index (χ2n) is 7.60. The maximum Gasteiger partial charge on any atom is 0.334 e. The van der Waals surface area contributed by atoms with Gasteiger partial charge in [-0.1, -0.05) is 31.2 Å². The van der Waals surface area contributed by atoms with Crippen molar-refractivity contribution in [3.8, 4) is 0 Å². The van der Waals surface area contributed by atoms with Crippen LogP contribution in [0.2, 0.25) is 0 Å². The standard InChI is InChI=1S/C22H29N3O3/c1-5-22(23,20(27)28-21(2,3)4)18(26)19(24-14-10-6-7-11-15-24)25-16-12-8-9-13-17-25/h6-17,19H,5,23H2,1-4H3. The van der Waals surface area contributed by atoms with Crippen molar-refractivity contribution >= 4 is 11.8 Å². The van der Waals surface area contributed by atoms with E-state index in [-0.39, 0.29) is 6.42 Å². The second-order valence-corrected chi connectivity index (χ2v) is 7.60. The molecule has 0 saturated carbocycles. The van der Waals surface area contributed by atoms with Crippen molar-refractivity contribution in [2.75, 3.05) is 0 Å². The number of allylic oxidation sites excluding steroid dienone is 8. The lowest BCUT2D eigenvalue weighted by atomic mass is 9.89. The van der Waals surface area contributed by atoms with Crippen LogP contribution in [0.25, 0.3) is 0 Å². The first-order valence-corrected chi connectivity index (χ1v) is 9.34. The topological polar surface area (TPSA) is 75.9 Å². The van der Waals surface area contributed by atoms with Gasteiger partial charge in [0.15, 0.2) is 11.7 Å². The van der Waals surface area contributed by atoms with Gasteiger partial charge in [-0.05, 0) is 51.5 Å². The zero-order valence-corrected chi connectivity index (χ0v) is 16.9. The van der Waals surface area contributed by atoms with E-state index in [1.807, 2.05) is 48.6 Å². The summed E-state index contributed by atoms with van der Waals surface area (Å²) in [4.78, 5) is 30.0. The quantitative estimate of drug-likeness (QED) is 0.561. The number of ketones is 1. The summed E-state index contributed by atoms with van der Waals surface area (Å²) in [6.45, 7) is 6.96. The van der Waals surface area contributed by atoms with Gasteiger partial charge < -0.3 is 20.3 Å². The van der Waals surface area contributed by atoms with Crippen LogP contribution < -0.4 is 5.73 Å². The number of rotatable bonds is 6. The lowest BCUT2D eigenvalue weighted by Gasteiger charge is -2.38. The average Bonchev–Trinajstić information content (AvgIpc) is 3.05. The molecular formula is C22H29N3O3. The van der Waals surface area contributed by atoms with Gasteiger partial charge in [0.05, 0.1) is 0 Å². The smallest absolute Gasteiger partial charge is 0.334 e. The number of nitrogens with zero attached hydrogens (tertiary/aromatic N) is 2. The van der Waals surface area contributed by atoms with Gasteiger partial charge in [-0.15, -0.1) is 0 Å². The van der Waals surface area contributed by atoms with E-state index in [4.69, 9.17) is 10.5 Å². The SMILES string of the molecule is CCC(N)(C(=O)OC(C)(C)C)C(=O)C(N1C=CC=CC=C1)N1C=CC=CC=C1. The number of nitrogens with two attached hydrogens (primary N) is 1. The molecule has 0 amide bonds. The summed E-state index contributed by atoms with van der Waals surface area (Å²) < 4.78 is 5.47. The zero-order valence-electron chi connectivity index (χ0n) is 16.9. The summed E-state index contributed by atoms with van der Waals surface area (Å²) >= 11 is 0. The monoisotopic (exact) mass is 383 g/mol. The zero-order chi connectivity index (χ0) is 20.8. The molecule has 0 aromatic carbocycles. The molecule has 2 aliphatic rings. The lowest BCUT2D eigenvalue weighted by Crippen LogP contribution is -2.64. The van der Waals surface area contributed by atoms with Crippen LogP contribution in [0.1, 0.15) is 34.1 Å². The van der Waals surface area contributed by atoms with Gasteiger partial charge in [-0.25, -0.2) is 4.79 Å². The molecule has 2 N–H and O–H groups in total. The molecule has 0 aliphatic carbocycles. The van der Waals surface area contributed by atoms with Crippen molar-refractivity contribution in [1.82, 2.24) is 9.80 Å². The minimum Gasteiger partial charge on any atom is -0.458 e. The van der Waals surface area contributed by atoms with E-state index in [2.05, 4.69) is 0 Å². The van der Waals surface area contributed by atoms with Gasteiger partial charge in [0.25, 0.3) is 0 Å². The van der Waals surface area contributed by atoms with E-state index in [0.717, 1.165) is 0 Å². The highest BCUT2D eigenvalue weighted by molar-refractivity contribution is 6.10. The number of esters is 1. The Bertz CT molecular complexity index is 698. The molecule has 1 unspecified atom stereocenters. The molecule has 6 heteroatoms. The van der Waals surface area contributed by atoms with Crippen LogP contribution in [0.3, 0.4) is 0 Å². The molecule has 2 rings (SSSR count). The maximum atomic E-state index is 13.7. The van der Waals surface area contributed by atoms with Crippen LogP contribution in [0.5, 0.6) is 0 Å². The predicted octanol–water partition coefficient (Wildman–Crippen LogP) is 3.13. The molecule has 28 heavy (non-hydrogen) atoms. The molecule has 2 heterocycles. The van der Waals surface area contributed by atoms with Gasteiger partial charge >= 0.3 is 5.97 Å². The van der Waals surface area contributed by atoms with Crippen LogP contribution in [0.4, 0.5) is 0 Å². The second kappa shape index (κ2) is 8.89. The number of hydrogen-bond donors (Lipinski definition) is 1. The third-order valence-electron chi connectivity index (χ3n) is 4.26. The average molecular weight is 383 g/mol. The van der Waals surface area contributed by atoms with E-state index in [9.17, 15) is 9.59 Å². The van der Waals surface area contributed by atoms with Crippen LogP contribution in [-0.4, -0.2) is 38.9 Å². The summed E-state index contributed by atoms with van der Waals surface area (Å²) in [7, 11) is 0.